The van der Waals surface area contributed by atoms with Crippen LogP contribution >= 0.6 is 0 Å². The number of rotatable bonds is 6. The molecule has 1 atom stereocenters. The van der Waals surface area contributed by atoms with Crippen molar-refractivity contribution < 1.29 is 9.53 Å². The van der Waals surface area contributed by atoms with E-state index in [1.807, 2.05) is 18.4 Å². The van der Waals surface area contributed by atoms with Gasteiger partial charge in [-0.25, -0.2) is 9.78 Å². The molecule has 98 valence electrons. The third-order valence-electron chi connectivity index (χ3n) is 2.48. The highest BCUT2D eigenvalue weighted by atomic mass is 16.5. The molecule has 1 unspecified atom stereocenters. The van der Waals surface area contributed by atoms with Crippen LogP contribution in [0, 0.1) is 12.3 Å². The molecule has 1 aromatic rings. The molecule has 0 radical (unpaired) electrons. The molecule has 0 spiro atoms. The monoisotopic (exact) mass is 249 g/mol. The van der Waals surface area contributed by atoms with Gasteiger partial charge >= 0.3 is 5.97 Å². The zero-order valence-corrected chi connectivity index (χ0v) is 11.0. The Labute approximate surface area is 108 Å². The van der Waals surface area contributed by atoms with Gasteiger partial charge in [0, 0.05) is 6.04 Å². The van der Waals surface area contributed by atoms with Crippen molar-refractivity contribution in [1.29, 1.82) is 0 Å². The smallest absolute Gasteiger partial charge is 0.329 e. The fraction of sp³-hybridized carbons (Fsp3) is 0.538. The van der Waals surface area contributed by atoms with Crippen molar-refractivity contribution >= 4 is 5.97 Å². The van der Waals surface area contributed by atoms with E-state index in [1.54, 1.807) is 19.4 Å². The van der Waals surface area contributed by atoms with Crippen LogP contribution in [0.25, 0.3) is 0 Å². The van der Waals surface area contributed by atoms with Crippen LogP contribution in [0.15, 0.2) is 12.5 Å². The van der Waals surface area contributed by atoms with Gasteiger partial charge in [-0.3, -0.25) is 5.32 Å². The normalized spacial score (nSPS) is 12.2. The maximum atomic E-state index is 11.9. The van der Waals surface area contributed by atoms with Crippen molar-refractivity contribution in [2.24, 2.45) is 0 Å². The highest BCUT2D eigenvalue weighted by Crippen LogP contribution is 2.18. The Hall–Kier alpha value is -1.80. The van der Waals surface area contributed by atoms with Gasteiger partial charge in [0.2, 0.25) is 0 Å². The predicted molar refractivity (Wildman–Crippen MR) is 68.8 cm³/mol. The standard InChI is InChI=1S/C13H19N3O2/c1-5-7-15-12(13(17)18-6-2)11-8-14-9-16(11)10(3)4/h1,8-10,12,15H,6-7H2,2-4H3. The van der Waals surface area contributed by atoms with Gasteiger partial charge in [0.05, 0.1) is 31.4 Å². The summed E-state index contributed by atoms with van der Waals surface area (Å²) in [5, 5.41) is 2.98. The zero-order valence-electron chi connectivity index (χ0n) is 11.0. The quantitative estimate of drug-likeness (QED) is 0.609. The third-order valence-corrected chi connectivity index (χ3v) is 2.48. The molecule has 0 aliphatic carbocycles. The number of nitrogens with zero attached hydrogens (tertiary/aromatic N) is 2. The van der Waals surface area contributed by atoms with Crippen LogP contribution in [0.4, 0.5) is 0 Å². The number of terminal acetylenes is 1. The summed E-state index contributed by atoms with van der Waals surface area (Å²) < 4.78 is 6.97. The Kier molecular flexibility index (Phi) is 5.40. The van der Waals surface area contributed by atoms with Gasteiger partial charge in [-0.15, -0.1) is 6.42 Å². The van der Waals surface area contributed by atoms with Gasteiger partial charge in [0.25, 0.3) is 0 Å². The predicted octanol–water partition coefficient (Wildman–Crippen LogP) is 1.29. The minimum Gasteiger partial charge on any atom is -0.465 e. The largest absolute Gasteiger partial charge is 0.465 e. The second-order valence-corrected chi connectivity index (χ2v) is 4.09. The van der Waals surface area contributed by atoms with Gasteiger partial charge in [0.1, 0.15) is 6.04 Å². The maximum Gasteiger partial charge on any atom is 0.329 e. The lowest BCUT2D eigenvalue weighted by molar-refractivity contribution is -0.146. The molecule has 0 fully saturated rings. The molecular weight excluding hydrogens is 230 g/mol. The van der Waals surface area contributed by atoms with E-state index in [9.17, 15) is 4.79 Å². The van der Waals surface area contributed by atoms with Crippen LogP contribution < -0.4 is 5.32 Å². The highest BCUT2D eigenvalue weighted by Gasteiger charge is 2.25. The lowest BCUT2D eigenvalue weighted by Crippen LogP contribution is -2.32. The molecule has 0 bridgehead atoms. The molecule has 5 heteroatoms. The summed E-state index contributed by atoms with van der Waals surface area (Å²) in [5.41, 5.74) is 0.763. The van der Waals surface area contributed by atoms with Crippen molar-refractivity contribution in [3.63, 3.8) is 0 Å². The van der Waals surface area contributed by atoms with Crippen LogP contribution in [-0.2, 0) is 9.53 Å². The first-order valence-electron chi connectivity index (χ1n) is 5.97. The first kappa shape index (κ1) is 14.3. The Balaban J connectivity index is 2.98. The number of carbonyl (C=O) groups excluding carboxylic acids is 1. The molecular formula is C13H19N3O2. The van der Waals surface area contributed by atoms with E-state index in [2.05, 4.69) is 16.2 Å². The van der Waals surface area contributed by atoms with Crippen LogP contribution in [0.1, 0.15) is 38.5 Å². The molecule has 0 saturated heterocycles. The summed E-state index contributed by atoms with van der Waals surface area (Å²) in [6.07, 6.45) is 8.57. The molecule has 1 heterocycles. The average molecular weight is 249 g/mol. The van der Waals surface area contributed by atoms with Crippen LogP contribution in [-0.4, -0.2) is 28.7 Å². The molecule has 1 rings (SSSR count). The number of hydrogen-bond donors (Lipinski definition) is 1. The number of imidazole rings is 1. The van der Waals surface area contributed by atoms with E-state index < -0.39 is 6.04 Å². The van der Waals surface area contributed by atoms with Crippen LogP contribution in [0.3, 0.4) is 0 Å². The fourth-order valence-electron chi connectivity index (χ4n) is 1.67. The number of aromatic nitrogens is 2. The summed E-state index contributed by atoms with van der Waals surface area (Å²) in [7, 11) is 0. The van der Waals surface area contributed by atoms with Crippen molar-refractivity contribution in [3.05, 3.63) is 18.2 Å². The summed E-state index contributed by atoms with van der Waals surface area (Å²) in [4.78, 5) is 16.0. The molecule has 18 heavy (non-hydrogen) atoms. The summed E-state index contributed by atoms with van der Waals surface area (Å²) in [6, 6.07) is -0.363. The van der Waals surface area contributed by atoms with E-state index in [-0.39, 0.29) is 12.0 Å². The van der Waals surface area contributed by atoms with Gasteiger partial charge in [-0.2, -0.15) is 0 Å². The lowest BCUT2D eigenvalue weighted by atomic mass is 10.2. The van der Waals surface area contributed by atoms with Gasteiger partial charge in [0.15, 0.2) is 0 Å². The van der Waals surface area contributed by atoms with Crippen molar-refractivity contribution in [3.8, 4) is 12.3 Å². The average Bonchev–Trinajstić information content (AvgIpc) is 2.79. The number of nitrogens with one attached hydrogen (secondary N) is 1. The molecule has 0 aliphatic rings. The number of ether oxygens (including phenoxy) is 1. The van der Waals surface area contributed by atoms with E-state index in [1.165, 1.54) is 0 Å². The fourth-order valence-corrected chi connectivity index (χ4v) is 1.67. The van der Waals surface area contributed by atoms with Crippen LogP contribution in [0.2, 0.25) is 0 Å². The minimum absolute atomic E-state index is 0.215. The summed E-state index contributed by atoms with van der Waals surface area (Å²) in [6.45, 7) is 6.45. The number of esters is 1. The number of hydrogen-bond acceptors (Lipinski definition) is 4. The zero-order chi connectivity index (χ0) is 13.5. The van der Waals surface area contributed by atoms with Crippen LogP contribution in [0.5, 0.6) is 0 Å². The van der Waals surface area contributed by atoms with Gasteiger partial charge in [-0.05, 0) is 20.8 Å². The van der Waals surface area contributed by atoms with E-state index in [4.69, 9.17) is 11.2 Å². The molecule has 1 N–H and O–H groups in total. The SMILES string of the molecule is C#CCNC(C(=O)OCC)c1cncn1C(C)C. The molecule has 1 aromatic heterocycles. The first-order valence-corrected chi connectivity index (χ1v) is 5.97. The second kappa shape index (κ2) is 6.82. The Bertz CT molecular complexity index is 432. The Morgan fingerprint density at radius 3 is 2.94 bits per heavy atom. The van der Waals surface area contributed by atoms with Crippen molar-refractivity contribution in [2.75, 3.05) is 13.2 Å². The van der Waals surface area contributed by atoms with Gasteiger partial charge < -0.3 is 9.30 Å². The maximum absolute atomic E-state index is 11.9. The topological polar surface area (TPSA) is 56.1 Å². The Morgan fingerprint density at radius 2 is 2.39 bits per heavy atom. The molecule has 0 aromatic carbocycles. The third kappa shape index (κ3) is 3.34. The van der Waals surface area contributed by atoms with Gasteiger partial charge in [-0.1, -0.05) is 5.92 Å². The summed E-state index contributed by atoms with van der Waals surface area (Å²) >= 11 is 0. The van der Waals surface area contributed by atoms with Crippen molar-refractivity contribution in [2.45, 2.75) is 32.9 Å². The summed E-state index contributed by atoms with van der Waals surface area (Å²) in [5.74, 6) is 2.12. The Morgan fingerprint density at radius 1 is 1.67 bits per heavy atom. The number of carbonyl (C=O) groups is 1. The molecule has 5 nitrogen and oxygen atoms in total. The van der Waals surface area contributed by atoms with E-state index in [0.29, 0.717) is 13.2 Å². The lowest BCUT2D eigenvalue weighted by Gasteiger charge is -2.19. The van der Waals surface area contributed by atoms with E-state index >= 15 is 0 Å². The molecule has 0 amide bonds. The van der Waals surface area contributed by atoms with E-state index in [0.717, 1.165) is 5.69 Å². The first-order chi connectivity index (χ1) is 8.61. The van der Waals surface area contributed by atoms with Crippen molar-refractivity contribution in [1.82, 2.24) is 14.9 Å². The molecule has 0 saturated carbocycles. The second-order valence-electron chi connectivity index (χ2n) is 4.09. The molecule has 0 aliphatic heterocycles. The minimum atomic E-state index is -0.578. The highest BCUT2D eigenvalue weighted by molar-refractivity contribution is 5.77.